The summed E-state index contributed by atoms with van der Waals surface area (Å²) < 4.78 is 7.10. The first-order valence-corrected chi connectivity index (χ1v) is 14.2. The number of carbonyl (C=O) groups is 2. The number of nitrogens with zero attached hydrogens (tertiary/aromatic N) is 6. The number of hydrogen-bond acceptors (Lipinski definition) is 7. The van der Waals surface area contributed by atoms with Crippen LogP contribution in [0.1, 0.15) is 42.0 Å². The molecule has 0 unspecified atom stereocenters. The Bertz CT molecular complexity index is 1630. The number of aryl methyl sites for hydroxylation is 2. The van der Waals surface area contributed by atoms with E-state index < -0.39 is 0 Å². The molecule has 0 bridgehead atoms. The predicted molar refractivity (Wildman–Crippen MR) is 158 cm³/mol. The van der Waals surface area contributed by atoms with Gasteiger partial charge in [-0.2, -0.15) is 9.97 Å². The van der Waals surface area contributed by atoms with Crippen molar-refractivity contribution in [2.75, 3.05) is 36.1 Å². The quantitative estimate of drug-likeness (QED) is 0.358. The number of amides is 2. The Kier molecular flexibility index (Phi) is 7.35. The second-order valence-corrected chi connectivity index (χ2v) is 10.9. The molecule has 11 heteroatoms. The van der Waals surface area contributed by atoms with Crippen LogP contribution in [-0.2, 0) is 29.5 Å². The Morgan fingerprint density at radius 1 is 1.05 bits per heavy atom. The first-order chi connectivity index (χ1) is 19.8. The van der Waals surface area contributed by atoms with Gasteiger partial charge in [-0.05, 0) is 65.8 Å². The molecule has 2 aromatic carbocycles. The summed E-state index contributed by atoms with van der Waals surface area (Å²) in [6.45, 7) is 6.58. The molecule has 0 spiro atoms. The van der Waals surface area contributed by atoms with E-state index in [0.717, 1.165) is 35.2 Å². The molecule has 4 heterocycles. The average Bonchev–Trinajstić information content (AvgIpc) is 3.31. The van der Waals surface area contributed by atoms with Crippen molar-refractivity contribution in [1.82, 2.24) is 24.8 Å². The van der Waals surface area contributed by atoms with Crippen LogP contribution in [0.3, 0.4) is 0 Å². The van der Waals surface area contributed by atoms with E-state index in [0.29, 0.717) is 49.8 Å². The van der Waals surface area contributed by atoms with Crippen LogP contribution in [0.2, 0.25) is 5.28 Å². The molecule has 2 aromatic heterocycles. The highest BCUT2D eigenvalue weighted by Gasteiger charge is 2.27. The van der Waals surface area contributed by atoms with Gasteiger partial charge in [-0.15, -0.1) is 0 Å². The molecule has 2 aliphatic heterocycles. The van der Waals surface area contributed by atoms with Gasteiger partial charge in [0.2, 0.25) is 17.0 Å². The third-order valence-corrected chi connectivity index (χ3v) is 8.05. The number of aromatic nitrogens is 4. The van der Waals surface area contributed by atoms with E-state index in [-0.39, 0.29) is 29.0 Å². The van der Waals surface area contributed by atoms with Crippen molar-refractivity contribution in [2.24, 2.45) is 7.05 Å². The lowest BCUT2D eigenvalue weighted by atomic mass is 9.93. The van der Waals surface area contributed by atoms with Crippen LogP contribution in [0.4, 0.5) is 11.5 Å². The fourth-order valence-electron chi connectivity index (χ4n) is 5.71. The molecular weight excluding hydrogens is 542 g/mol. The van der Waals surface area contributed by atoms with E-state index in [1.54, 1.807) is 18.5 Å². The van der Waals surface area contributed by atoms with Gasteiger partial charge in [0.1, 0.15) is 0 Å². The zero-order chi connectivity index (χ0) is 28.7. The number of ether oxygens (including phenoxy) is 1. The lowest BCUT2D eigenvalue weighted by molar-refractivity contribution is -0.117. The van der Waals surface area contributed by atoms with Gasteiger partial charge in [-0.1, -0.05) is 30.3 Å². The van der Waals surface area contributed by atoms with Crippen LogP contribution in [0.25, 0.3) is 22.3 Å². The van der Waals surface area contributed by atoms with Crippen LogP contribution in [0, 0.1) is 0 Å². The molecule has 2 aliphatic rings. The minimum absolute atomic E-state index is 0.0745. The van der Waals surface area contributed by atoms with Crippen molar-refractivity contribution in [2.45, 2.75) is 39.3 Å². The van der Waals surface area contributed by atoms with Crippen molar-refractivity contribution < 1.29 is 14.3 Å². The minimum atomic E-state index is -0.308. The summed E-state index contributed by atoms with van der Waals surface area (Å²) in [4.78, 5) is 42.7. The van der Waals surface area contributed by atoms with Gasteiger partial charge in [0.15, 0.2) is 17.0 Å². The highest BCUT2D eigenvalue weighted by atomic mass is 35.5. The summed E-state index contributed by atoms with van der Waals surface area (Å²) >= 11 is 6.22. The fraction of sp³-hybridized carbons (Fsp3) is 0.367. The second-order valence-electron chi connectivity index (χ2n) is 10.6. The molecule has 0 aliphatic carbocycles. The Labute approximate surface area is 243 Å². The summed E-state index contributed by atoms with van der Waals surface area (Å²) in [6, 6.07) is 14.6. The lowest BCUT2D eigenvalue weighted by Gasteiger charge is -2.34. The number of benzene rings is 2. The maximum Gasteiger partial charge on any atom is 0.287 e. The van der Waals surface area contributed by atoms with Crippen molar-refractivity contribution in [3.05, 3.63) is 64.7 Å². The first kappa shape index (κ1) is 27.2. The Morgan fingerprint density at radius 2 is 1.78 bits per heavy atom. The first-order valence-electron chi connectivity index (χ1n) is 13.8. The molecular formula is C30H32ClN7O3. The maximum atomic E-state index is 13.2. The summed E-state index contributed by atoms with van der Waals surface area (Å²) in [5, 5.41) is 3.09. The monoisotopic (exact) mass is 573 g/mol. The molecule has 2 amide bonds. The van der Waals surface area contributed by atoms with E-state index in [1.165, 1.54) is 5.56 Å². The molecule has 212 valence electrons. The minimum Gasteiger partial charge on any atom is -0.378 e. The summed E-state index contributed by atoms with van der Waals surface area (Å²) in [5.41, 5.74) is 6.40. The fourth-order valence-corrected chi connectivity index (χ4v) is 5.87. The van der Waals surface area contributed by atoms with Gasteiger partial charge in [0.25, 0.3) is 5.91 Å². The molecule has 6 rings (SSSR count). The van der Waals surface area contributed by atoms with Gasteiger partial charge < -0.3 is 24.4 Å². The highest BCUT2D eigenvalue weighted by Crippen LogP contribution is 2.34. The van der Waals surface area contributed by atoms with E-state index in [2.05, 4.69) is 62.4 Å². The molecule has 10 nitrogen and oxygen atoms in total. The van der Waals surface area contributed by atoms with Gasteiger partial charge >= 0.3 is 0 Å². The van der Waals surface area contributed by atoms with Gasteiger partial charge in [-0.3, -0.25) is 9.59 Å². The number of carbonyl (C=O) groups excluding carboxylic acids is 2. The third-order valence-electron chi connectivity index (χ3n) is 7.88. The molecule has 1 saturated heterocycles. The van der Waals surface area contributed by atoms with Crippen LogP contribution in [0.15, 0.2) is 42.5 Å². The van der Waals surface area contributed by atoms with Gasteiger partial charge in [0.05, 0.1) is 13.2 Å². The topological polar surface area (TPSA) is 105 Å². The van der Waals surface area contributed by atoms with Gasteiger partial charge in [0, 0.05) is 45.3 Å². The zero-order valence-corrected chi connectivity index (χ0v) is 24.1. The van der Waals surface area contributed by atoms with E-state index in [4.69, 9.17) is 16.3 Å². The second kappa shape index (κ2) is 11.1. The smallest absolute Gasteiger partial charge is 0.287 e. The molecule has 41 heavy (non-hydrogen) atoms. The van der Waals surface area contributed by atoms with Crippen molar-refractivity contribution in [3.8, 4) is 11.1 Å². The van der Waals surface area contributed by atoms with Crippen molar-refractivity contribution in [3.63, 3.8) is 0 Å². The molecule has 1 N–H and O–H groups in total. The summed E-state index contributed by atoms with van der Waals surface area (Å²) in [6.07, 6.45) is 1.90. The molecule has 1 atom stereocenters. The number of fused-ring (bicyclic) bond motifs is 2. The standard InChI is InChI=1S/C30H32ClN7O3/c1-18-4-7-23-16-22(10-11-24(23)38(18)19(2)39)21-8-5-20(6-9-21)17-32-29(40)28-33-25-26(36(28)3)34-30(31)35-27(25)37-12-14-41-15-13-37/h5-6,8-11,16,18H,4,7,12-15,17H2,1-3H3,(H,32,40)/t18-/m0/s1. The number of nitrogens with one attached hydrogen (secondary N) is 1. The van der Waals surface area contributed by atoms with E-state index in [1.807, 2.05) is 17.0 Å². The van der Waals surface area contributed by atoms with Crippen LogP contribution < -0.4 is 15.1 Å². The van der Waals surface area contributed by atoms with Crippen LogP contribution >= 0.6 is 11.6 Å². The summed E-state index contributed by atoms with van der Waals surface area (Å²) in [7, 11) is 1.75. The molecule has 0 saturated carbocycles. The maximum absolute atomic E-state index is 13.2. The molecule has 0 radical (unpaired) electrons. The lowest BCUT2D eigenvalue weighted by Crippen LogP contribution is -2.40. The number of morpholine rings is 1. The average molecular weight is 574 g/mol. The van der Waals surface area contributed by atoms with Crippen LogP contribution in [-0.4, -0.2) is 63.7 Å². The van der Waals surface area contributed by atoms with Crippen LogP contribution in [0.5, 0.6) is 0 Å². The molecule has 4 aromatic rings. The third kappa shape index (κ3) is 5.25. The largest absolute Gasteiger partial charge is 0.378 e. The van der Waals surface area contributed by atoms with Gasteiger partial charge in [-0.25, -0.2) is 4.98 Å². The van der Waals surface area contributed by atoms with E-state index in [9.17, 15) is 9.59 Å². The van der Waals surface area contributed by atoms with Crippen molar-refractivity contribution >= 4 is 46.1 Å². The summed E-state index contributed by atoms with van der Waals surface area (Å²) in [5.74, 6) is 0.619. The number of hydrogen-bond donors (Lipinski definition) is 1. The van der Waals surface area contributed by atoms with Crippen molar-refractivity contribution in [1.29, 1.82) is 0 Å². The highest BCUT2D eigenvalue weighted by molar-refractivity contribution is 6.28. The Hall–Kier alpha value is -4.02. The molecule has 1 fully saturated rings. The number of imidazole rings is 1. The number of rotatable bonds is 5. The number of anilines is 2. The predicted octanol–water partition coefficient (Wildman–Crippen LogP) is 4.14. The Balaban J connectivity index is 1.17. The Morgan fingerprint density at radius 3 is 2.51 bits per heavy atom. The normalized spacial score (nSPS) is 17.0. The van der Waals surface area contributed by atoms with E-state index >= 15 is 0 Å². The zero-order valence-electron chi connectivity index (χ0n) is 23.4. The SMILES string of the molecule is CC(=O)N1c2ccc(-c3ccc(CNC(=O)c4nc5c(N6CCOCC6)nc(Cl)nc5n4C)cc3)cc2CC[C@@H]1C. The number of halogens is 1.